The molecule has 0 saturated carbocycles. The third-order valence-electron chi connectivity index (χ3n) is 9.12. The molecule has 6 nitrogen and oxygen atoms in total. The molecule has 3 aromatic heterocycles. The Morgan fingerprint density at radius 3 is 2.34 bits per heavy atom. The number of nitrogens with zero attached hydrogens (tertiary/aromatic N) is 4. The third kappa shape index (κ3) is 5.57. The topological polar surface area (TPSA) is 61.5 Å². The summed E-state index contributed by atoms with van der Waals surface area (Å²) < 4.78 is 14.8. The predicted molar refractivity (Wildman–Crippen MR) is 182 cm³/mol. The average Bonchev–Trinajstić information content (AvgIpc) is 3.69. The largest absolute Gasteiger partial charge is 2.00 e. The van der Waals surface area contributed by atoms with Gasteiger partial charge in [-0.3, -0.25) is 4.98 Å². The van der Waals surface area contributed by atoms with Gasteiger partial charge in [0.25, 0.3) is 0 Å². The van der Waals surface area contributed by atoms with Crippen LogP contribution < -0.4 is 4.74 Å². The van der Waals surface area contributed by atoms with Gasteiger partial charge in [0.15, 0.2) is 0 Å². The molecule has 0 spiro atoms. The molecule has 0 amide bonds. The van der Waals surface area contributed by atoms with E-state index in [2.05, 4.69) is 124 Å². The zero-order valence-corrected chi connectivity index (χ0v) is 29.6. The van der Waals surface area contributed by atoms with E-state index in [4.69, 9.17) is 19.5 Å². The van der Waals surface area contributed by atoms with Crippen molar-refractivity contribution in [1.82, 2.24) is 14.5 Å². The van der Waals surface area contributed by atoms with Crippen molar-refractivity contribution in [3.8, 4) is 17.3 Å². The molecule has 1 aliphatic heterocycles. The van der Waals surface area contributed by atoms with E-state index in [9.17, 15) is 0 Å². The molecule has 47 heavy (non-hydrogen) atoms. The number of hydrogen-bond acceptors (Lipinski definition) is 5. The zero-order chi connectivity index (χ0) is 31.8. The van der Waals surface area contributed by atoms with Crippen LogP contribution in [0.5, 0.6) is 11.5 Å². The summed E-state index contributed by atoms with van der Waals surface area (Å²) in [6, 6.07) is 32.1. The molecule has 2 atom stereocenters. The van der Waals surface area contributed by atoms with Gasteiger partial charge in [0, 0.05) is 35.3 Å². The number of ether oxygens (including phenoxy) is 2. The Balaban J connectivity index is 0.00000351. The fraction of sp³-hybridized carbons (Fsp3) is 0.275. The Morgan fingerprint density at radius 2 is 1.53 bits per heavy atom. The van der Waals surface area contributed by atoms with Gasteiger partial charge in [0.1, 0.15) is 23.9 Å². The molecule has 0 radical (unpaired) electrons. The Hall–Kier alpha value is -4.28. The molecule has 6 aromatic rings. The number of rotatable bonds is 4. The number of aromatic nitrogens is 3. The van der Waals surface area contributed by atoms with Crippen molar-refractivity contribution in [2.75, 3.05) is 0 Å². The molecule has 0 N–H and O–H groups in total. The minimum atomic E-state index is -0.0158. The van der Waals surface area contributed by atoms with Crippen molar-refractivity contribution in [3.05, 3.63) is 125 Å². The molecule has 238 valence electrons. The van der Waals surface area contributed by atoms with E-state index >= 15 is 0 Å². The van der Waals surface area contributed by atoms with E-state index < -0.39 is 0 Å². The van der Waals surface area contributed by atoms with Crippen LogP contribution >= 0.6 is 0 Å². The minimum Gasteiger partial charge on any atom is -0.526 e. The number of fused-ring (bicyclic) bond motifs is 6. The second kappa shape index (κ2) is 11.5. The van der Waals surface area contributed by atoms with Gasteiger partial charge < -0.3 is 19.0 Å². The Kier molecular flexibility index (Phi) is 7.63. The van der Waals surface area contributed by atoms with E-state index in [-0.39, 0.29) is 44.0 Å². The van der Waals surface area contributed by atoms with E-state index in [1.807, 2.05) is 12.3 Å². The first kappa shape index (κ1) is 31.3. The summed E-state index contributed by atoms with van der Waals surface area (Å²) in [5, 5.41) is 2.26. The molecule has 7 heteroatoms. The average molecular weight is 800 g/mol. The van der Waals surface area contributed by atoms with Crippen molar-refractivity contribution < 1.29 is 30.5 Å². The summed E-state index contributed by atoms with van der Waals surface area (Å²) in [4.78, 5) is 14.3. The second-order valence-corrected chi connectivity index (χ2v) is 14.4. The van der Waals surface area contributed by atoms with Crippen molar-refractivity contribution >= 4 is 27.7 Å². The van der Waals surface area contributed by atoms with Crippen LogP contribution in [0.2, 0.25) is 0 Å². The SMILES string of the molecule is CC(C)(C)c1ccnc(-n2c3[c-]c(Oc4[c-]c(C5=N[C@@H]6c7ccccc7C[C@@H]6O5)ncc4)ccc3c3cc(C(C)(C)C)ccc32)c1.[Pt+2]. The summed E-state index contributed by atoms with van der Waals surface area (Å²) in [7, 11) is 0. The molecule has 1 aliphatic carbocycles. The minimum absolute atomic E-state index is 0. The predicted octanol–water partition coefficient (Wildman–Crippen LogP) is 9.00. The zero-order valence-electron chi connectivity index (χ0n) is 27.4. The van der Waals surface area contributed by atoms with Gasteiger partial charge in [0.2, 0.25) is 0 Å². The van der Waals surface area contributed by atoms with Crippen LogP contribution in [0.4, 0.5) is 0 Å². The maximum Gasteiger partial charge on any atom is 2.00 e. The first-order chi connectivity index (χ1) is 22.0. The number of pyridine rings is 2. The van der Waals surface area contributed by atoms with Crippen LogP contribution in [0, 0.1) is 12.1 Å². The molecule has 0 bridgehead atoms. The monoisotopic (exact) mass is 799 g/mol. The number of hydrogen-bond donors (Lipinski definition) is 0. The maximum absolute atomic E-state index is 6.38. The summed E-state index contributed by atoms with van der Waals surface area (Å²) in [5.41, 5.74) is 7.55. The maximum atomic E-state index is 6.38. The van der Waals surface area contributed by atoms with Gasteiger partial charge in [-0.1, -0.05) is 89.5 Å². The van der Waals surface area contributed by atoms with Crippen molar-refractivity contribution in [2.45, 2.75) is 70.9 Å². The molecule has 0 saturated heterocycles. The smallest absolute Gasteiger partial charge is 0.526 e. The van der Waals surface area contributed by atoms with Crippen LogP contribution in [0.3, 0.4) is 0 Å². The molecule has 8 rings (SSSR count). The van der Waals surface area contributed by atoms with E-state index in [1.54, 1.807) is 12.3 Å². The Labute approximate surface area is 290 Å². The van der Waals surface area contributed by atoms with Gasteiger partial charge in [-0.05, 0) is 62.9 Å². The van der Waals surface area contributed by atoms with Crippen LogP contribution in [0.1, 0.15) is 75.5 Å². The van der Waals surface area contributed by atoms with Crippen LogP contribution in [-0.2, 0) is 43.1 Å². The van der Waals surface area contributed by atoms with Gasteiger partial charge in [-0.25, -0.2) is 4.98 Å². The normalized spacial score (nSPS) is 17.2. The van der Waals surface area contributed by atoms with Crippen LogP contribution in [-0.4, -0.2) is 26.5 Å². The standard InChI is InChI=1S/C40H36N4O2.Pt/c1-39(2,3)25-11-14-33-31(20-25)30-13-12-27(23-34(30)44(33)36-21-26(15-17-42-36)40(4,5)6)45-28-16-18-41-32(22-28)38-43-37-29-10-8-7-9-24(29)19-35(37)46-38;/h7-18,20-21,35,37H,19H2,1-6H3;/q-2;+2/t35-,37+;/m0./s1. The number of benzene rings is 3. The molecule has 3 aromatic carbocycles. The second-order valence-electron chi connectivity index (χ2n) is 14.4. The molecule has 0 fully saturated rings. The number of aliphatic imine (C=N–C) groups is 1. The van der Waals surface area contributed by atoms with Gasteiger partial charge in [0.05, 0.1) is 0 Å². The fourth-order valence-corrected chi connectivity index (χ4v) is 6.57. The molecule has 4 heterocycles. The van der Waals surface area contributed by atoms with E-state index in [0.717, 1.165) is 34.0 Å². The van der Waals surface area contributed by atoms with E-state index in [1.165, 1.54) is 22.3 Å². The molecule has 2 aliphatic rings. The van der Waals surface area contributed by atoms with Crippen molar-refractivity contribution in [2.24, 2.45) is 4.99 Å². The van der Waals surface area contributed by atoms with Gasteiger partial charge in [-0.2, -0.15) is 6.07 Å². The first-order valence-electron chi connectivity index (χ1n) is 15.9. The Bertz CT molecular complexity index is 2190. The van der Waals surface area contributed by atoms with Crippen LogP contribution in [0.25, 0.3) is 27.6 Å². The van der Waals surface area contributed by atoms with E-state index in [0.29, 0.717) is 23.1 Å². The fourth-order valence-electron chi connectivity index (χ4n) is 6.57. The summed E-state index contributed by atoms with van der Waals surface area (Å²) in [6.45, 7) is 13.4. The van der Waals surface area contributed by atoms with Gasteiger partial charge >= 0.3 is 21.1 Å². The van der Waals surface area contributed by atoms with Crippen molar-refractivity contribution in [1.29, 1.82) is 0 Å². The Morgan fingerprint density at radius 1 is 0.787 bits per heavy atom. The molecule has 0 unspecified atom stereocenters. The summed E-state index contributed by atoms with van der Waals surface area (Å²) >= 11 is 0. The van der Waals surface area contributed by atoms with Crippen molar-refractivity contribution in [3.63, 3.8) is 0 Å². The quantitative estimate of drug-likeness (QED) is 0.167. The third-order valence-corrected chi connectivity index (χ3v) is 9.12. The van der Waals surface area contributed by atoms with Crippen LogP contribution in [0.15, 0.2) is 90.2 Å². The first-order valence-corrected chi connectivity index (χ1v) is 15.9. The molecular formula is C40H36N4O2Pt. The van der Waals surface area contributed by atoms with Gasteiger partial charge in [-0.15, -0.1) is 23.6 Å². The summed E-state index contributed by atoms with van der Waals surface area (Å²) in [5.74, 6) is 2.46. The molecular weight excluding hydrogens is 764 g/mol. The summed E-state index contributed by atoms with van der Waals surface area (Å²) in [6.07, 6.45) is 4.44.